The molecule has 0 radical (unpaired) electrons. The Balaban J connectivity index is 2.38. The lowest BCUT2D eigenvalue weighted by molar-refractivity contribution is -0.142. The molecule has 0 aromatic carbocycles. The van der Waals surface area contributed by atoms with Gasteiger partial charge >= 0.3 is 12.0 Å². The van der Waals surface area contributed by atoms with Crippen LogP contribution in [0.15, 0.2) is 0 Å². The van der Waals surface area contributed by atoms with E-state index in [1.807, 2.05) is 6.26 Å². The molecule has 1 aliphatic carbocycles. The Bertz CT molecular complexity index is 294. The Hall–Kier alpha value is -0.910. The third kappa shape index (κ3) is 6.18. The van der Waals surface area contributed by atoms with Crippen molar-refractivity contribution in [2.45, 2.75) is 50.6 Å². The Morgan fingerprint density at radius 3 is 2.58 bits per heavy atom. The molecule has 0 spiro atoms. The van der Waals surface area contributed by atoms with E-state index in [-0.39, 0.29) is 18.0 Å². The van der Waals surface area contributed by atoms with E-state index in [1.165, 1.54) is 13.5 Å². The highest BCUT2D eigenvalue weighted by Gasteiger charge is 2.22. The number of ether oxygens (including phenoxy) is 1. The van der Waals surface area contributed by atoms with E-state index in [0.717, 1.165) is 31.4 Å². The maximum absolute atomic E-state index is 11.9. The van der Waals surface area contributed by atoms with Gasteiger partial charge in [0.25, 0.3) is 0 Å². The van der Waals surface area contributed by atoms with E-state index < -0.39 is 6.04 Å². The Labute approximate surface area is 119 Å². The van der Waals surface area contributed by atoms with E-state index in [1.54, 1.807) is 11.8 Å². The highest BCUT2D eigenvalue weighted by atomic mass is 32.2. The molecule has 2 N–H and O–H groups in total. The molecule has 6 heteroatoms. The smallest absolute Gasteiger partial charge is 0.328 e. The number of rotatable bonds is 6. The van der Waals surface area contributed by atoms with Crippen molar-refractivity contribution in [1.29, 1.82) is 0 Å². The predicted octanol–water partition coefficient (Wildman–Crippen LogP) is 1.91. The quantitative estimate of drug-likeness (QED) is 0.733. The van der Waals surface area contributed by atoms with Gasteiger partial charge in [0.15, 0.2) is 0 Å². The lowest BCUT2D eigenvalue weighted by atomic mass is 9.96. The van der Waals surface area contributed by atoms with Gasteiger partial charge in [-0.15, -0.1) is 0 Å². The standard InChI is InChI=1S/C13H24N2O3S/c1-18-12(16)11(8-9-19-2)15-13(17)14-10-6-4-3-5-7-10/h10-11H,3-9H2,1-2H3,(H2,14,15,17)/t11-/m0/s1. The molecule has 0 saturated heterocycles. The second-order valence-electron chi connectivity index (χ2n) is 4.81. The first-order valence-electron chi connectivity index (χ1n) is 6.81. The van der Waals surface area contributed by atoms with Crippen LogP contribution in [-0.4, -0.2) is 43.2 Å². The molecule has 0 aliphatic heterocycles. The average molecular weight is 288 g/mol. The molecule has 110 valence electrons. The summed E-state index contributed by atoms with van der Waals surface area (Å²) in [4.78, 5) is 23.4. The SMILES string of the molecule is COC(=O)[C@H](CCSC)NC(=O)NC1CCCCC1. The minimum atomic E-state index is -0.555. The lowest BCUT2D eigenvalue weighted by Gasteiger charge is -2.24. The molecule has 19 heavy (non-hydrogen) atoms. The van der Waals surface area contributed by atoms with Crippen LogP contribution in [0, 0.1) is 0 Å². The summed E-state index contributed by atoms with van der Waals surface area (Å²) in [6.07, 6.45) is 8.19. The van der Waals surface area contributed by atoms with Crippen molar-refractivity contribution in [2.24, 2.45) is 0 Å². The Morgan fingerprint density at radius 2 is 2.00 bits per heavy atom. The number of nitrogens with one attached hydrogen (secondary N) is 2. The first-order valence-corrected chi connectivity index (χ1v) is 8.20. The fraction of sp³-hybridized carbons (Fsp3) is 0.846. The van der Waals surface area contributed by atoms with Crippen molar-refractivity contribution in [2.75, 3.05) is 19.1 Å². The fourth-order valence-electron chi connectivity index (χ4n) is 2.26. The molecule has 0 bridgehead atoms. The van der Waals surface area contributed by atoms with Crippen LogP contribution in [0.2, 0.25) is 0 Å². The van der Waals surface area contributed by atoms with Crippen LogP contribution >= 0.6 is 11.8 Å². The molecule has 1 saturated carbocycles. The molecule has 0 heterocycles. The summed E-state index contributed by atoms with van der Waals surface area (Å²) in [5, 5.41) is 5.65. The van der Waals surface area contributed by atoms with E-state index >= 15 is 0 Å². The number of hydrogen-bond donors (Lipinski definition) is 2. The van der Waals surface area contributed by atoms with Crippen molar-refractivity contribution in [3.63, 3.8) is 0 Å². The summed E-state index contributed by atoms with van der Waals surface area (Å²) in [5.74, 6) is 0.427. The van der Waals surface area contributed by atoms with E-state index in [2.05, 4.69) is 10.6 Å². The van der Waals surface area contributed by atoms with Crippen LogP contribution in [0.5, 0.6) is 0 Å². The van der Waals surface area contributed by atoms with Gasteiger partial charge in [-0.3, -0.25) is 0 Å². The first-order chi connectivity index (χ1) is 9.17. The lowest BCUT2D eigenvalue weighted by Crippen LogP contribution is -2.49. The first kappa shape index (κ1) is 16.1. The van der Waals surface area contributed by atoms with Gasteiger partial charge in [-0.25, -0.2) is 9.59 Å². The van der Waals surface area contributed by atoms with Gasteiger partial charge in [0.1, 0.15) is 6.04 Å². The molecule has 1 fully saturated rings. The summed E-state index contributed by atoms with van der Waals surface area (Å²) >= 11 is 1.64. The van der Waals surface area contributed by atoms with Crippen molar-refractivity contribution in [1.82, 2.24) is 10.6 Å². The van der Waals surface area contributed by atoms with E-state index in [9.17, 15) is 9.59 Å². The number of carbonyl (C=O) groups is 2. The fourth-order valence-corrected chi connectivity index (χ4v) is 2.73. The minimum Gasteiger partial charge on any atom is -0.467 e. The predicted molar refractivity (Wildman–Crippen MR) is 77.3 cm³/mol. The summed E-state index contributed by atoms with van der Waals surface area (Å²) < 4.78 is 4.71. The summed E-state index contributed by atoms with van der Waals surface area (Å²) in [6, 6.07) is -0.572. The molecular formula is C13H24N2O3S. The minimum absolute atomic E-state index is 0.243. The average Bonchev–Trinajstić information content (AvgIpc) is 2.43. The van der Waals surface area contributed by atoms with Gasteiger partial charge < -0.3 is 15.4 Å². The summed E-state index contributed by atoms with van der Waals surface area (Å²) in [7, 11) is 1.34. The topological polar surface area (TPSA) is 67.4 Å². The second-order valence-corrected chi connectivity index (χ2v) is 5.80. The molecular weight excluding hydrogens is 264 g/mol. The van der Waals surface area contributed by atoms with Gasteiger partial charge in [0.2, 0.25) is 0 Å². The molecule has 1 atom stereocenters. The van der Waals surface area contributed by atoms with Crippen molar-refractivity contribution in [3.8, 4) is 0 Å². The van der Waals surface area contributed by atoms with Crippen LogP contribution in [0.4, 0.5) is 4.79 Å². The zero-order chi connectivity index (χ0) is 14.1. The third-order valence-electron chi connectivity index (χ3n) is 3.34. The number of amides is 2. The number of esters is 1. The number of thioether (sulfide) groups is 1. The maximum Gasteiger partial charge on any atom is 0.328 e. The van der Waals surface area contributed by atoms with Crippen LogP contribution in [-0.2, 0) is 9.53 Å². The van der Waals surface area contributed by atoms with Crippen molar-refractivity contribution in [3.05, 3.63) is 0 Å². The second kappa shape index (κ2) is 9.07. The number of hydrogen-bond acceptors (Lipinski definition) is 4. The van der Waals surface area contributed by atoms with E-state index in [4.69, 9.17) is 4.74 Å². The van der Waals surface area contributed by atoms with Gasteiger partial charge in [-0.1, -0.05) is 19.3 Å². The Morgan fingerprint density at radius 1 is 1.32 bits per heavy atom. The summed E-state index contributed by atoms with van der Waals surface area (Å²) in [6.45, 7) is 0. The Kier molecular flexibility index (Phi) is 7.70. The zero-order valence-corrected chi connectivity index (χ0v) is 12.6. The normalized spacial score (nSPS) is 17.6. The van der Waals surface area contributed by atoms with Crippen molar-refractivity contribution >= 4 is 23.8 Å². The summed E-state index contributed by atoms with van der Waals surface area (Å²) in [5.41, 5.74) is 0. The largest absolute Gasteiger partial charge is 0.467 e. The number of carbonyl (C=O) groups excluding carboxylic acids is 2. The molecule has 2 amide bonds. The van der Waals surface area contributed by atoms with Gasteiger partial charge in [-0.2, -0.15) is 11.8 Å². The zero-order valence-electron chi connectivity index (χ0n) is 11.7. The van der Waals surface area contributed by atoms with Gasteiger partial charge in [0, 0.05) is 6.04 Å². The van der Waals surface area contributed by atoms with Crippen LogP contribution < -0.4 is 10.6 Å². The highest BCUT2D eigenvalue weighted by molar-refractivity contribution is 7.98. The third-order valence-corrected chi connectivity index (χ3v) is 3.99. The van der Waals surface area contributed by atoms with Crippen molar-refractivity contribution < 1.29 is 14.3 Å². The van der Waals surface area contributed by atoms with Gasteiger partial charge in [-0.05, 0) is 31.3 Å². The number of methoxy groups -OCH3 is 1. The molecule has 0 unspecified atom stereocenters. The van der Waals surface area contributed by atoms with Crippen LogP contribution in [0.25, 0.3) is 0 Å². The number of urea groups is 1. The molecule has 0 aromatic rings. The van der Waals surface area contributed by atoms with Crippen LogP contribution in [0.1, 0.15) is 38.5 Å². The van der Waals surface area contributed by atoms with Crippen LogP contribution in [0.3, 0.4) is 0 Å². The molecule has 1 aliphatic rings. The maximum atomic E-state index is 11.9. The molecule has 5 nitrogen and oxygen atoms in total. The monoisotopic (exact) mass is 288 g/mol. The molecule has 1 rings (SSSR count). The van der Waals surface area contributed by atoms with Gasteiger partial charge in [0.05, 0.1) is 7.11 Å². The highest BCUT2D eigenvalue weighted by Crippen LogP contribution is 2.17. The van der Waals surface area contributed by atoms with E-state index in [0.29, 0.717) is 6.42 Å². The molecule has 0 aromatic heterocycles.